The lowest BCUT2D eigenvalue weighted by Crippen LogP contribution is -2.06. The molecule has 5 heteroatoms. The minimum absolute atomic E-state index is 0.172. The van der Waals surface area contributed by atoms with Crippen molar-refractivity contribution in [3.8, 4) is 0 Å². The predicted octanol–water partition coefficient (Wildman–Crippen LogP) is 4.32. The molecule has 1 aromatic heterocycles. The third-order valence-electron chi connectivity index (χ3n) is 2.63. The Morgan fingerprint density at radius 2 is 2.28 bits per heavy atom. The third kappa shape index (κ3) is 3.43. The van der Waals surface area contributed by atoms with Crippen LogP contribution in [0.1, 0.15) is 37.7 Å². The highest BCUT2D eigenvalue weighted by molar-refractivity contribution is 7.09. The number of nitrogens with one attached hydrogen (secondary N) is 1. The number of aryl methyl sites for hydroxylation is 1. The van der Waals surface area contributed by atoms with Crippen LogP contribution in [-0.4, -0.2) is 9.36 Å². The van der Waals surface area contributed by atoms with Crippen LogP contribution in [-0.2, 0) is 6.42 Å². The summed E-state index contributed by atoms with van der Waals surface area (Å²) in [5, 5.41) is 4.97. The Labute approximate surface area is 116 Å². The van der Waals surface area contributed by atoms with Crippen LogP contribution in [0, 0.1) is 0 Å². The van der Waals surface area contributed by atoms with Crippen molar-refractivity contribution >= 4 is 28.3 Å². The molecule has 2 aromatic rings. The summed E-state index contributed by atoms with van der Waals surface area (Å²) in [5.41, 5.74) is 1.15. The van der Waals surface area contributed by atoms with Gasteiger partial charge in [-0.25, -0.2) is 4.98 Å². The van der Waals surface area contributed by atoms with Crippen molar-refractivity contribution in [3.63, 3.8) is 0 Å². The lowest BCUT2D eigenvalue weighted by atomic mass is 10.1. The first-order valence-corrected chi connectivity index (χ1v) is 7.18. The Morgan fingerprint density at radius 3 is 3.00 bits per heavy atom. The molecule has 0 aliphatic rings. The van der Waals surface area contributed by atoms with Gasteiger partial charge >= 0.3 is 0 Å². The zero-order valence-electron chi connectivity index (χ0n) is 10.5. The molecule has 1 unspecified atom stereocenters. The lowest BCUT2D eigenvalue weighted by Gasteiger charge is -2.12. The van der Waals surface area contributed by atoms with Crippen molar-refractivity contribution in [2.75, 3.05) is 5.32 Å². The van der Waals surface area contributed by atoms with Crippen LogP contribution < -0.4 is 5.32 Å². The second kappa shape index (κ2) is 6.16. The van der Waals surface area contributed by atoms with E-state index in [-0.39, 0.29) is 6.04 Å². The van der Waals surface area contributed by atoms with Gasteiger partial charge in [0.05, 0.1) is 6.04 Å². The van der Waals surface area contributed by atoms with Crippen LogP contribution in [0.3, 0.4) is 0 Å². The number of hydrogen-bond donors (Lipinski definition) is 1. The fourth-order valence-corrected chi connectivity index (χ4v) is 2.58. The minimum Gasteiger partial charge on any atom is -0.354 e. The Balaban J connectivity index is 2.04. The van der Waals surface area contributed by atoms with E-state index >= 15 is 0 Å². The maximum atomic E-state index is 5.98. The van der Waals surface area contributed by atoms with Crippen molar-refractivity contribution < 1.29 is 0 Å². The largest absolute Gasteiger partial charge is 0.354 e. The molecular weight excluding hydrogens is 266 g/mol. The van der Waals surface area contributed by atoms with Gasteiger partial charge < -0.3 is 5.32 Å². The normalized spacial score (nSPS) is 12.4. The molecule has 18 heavy (non-hydrogen) atoms. The molecule has 0 aliphatic carbocycles. The van der Waals surface area contributed by atoms with Gasteiger partial charge in [-0.2, -0.15) is 4.37 Å². The van der Waals surface area contributed by atoms with Crippen LogP contribution in [0.5, 0.6) is 0 Å². The molecule has 0 saturated carbocycles. The molecule has 1 aromatic carbocycles. The average molecular weight is 282 g/mol. The number of aromatic nitrogens is 2. The van der Waals surface area contributed by atoms with Gasteiger partial charge in [-0.05, 0) is 31.0 Å². The first kappa shape index (κ1) is 13.3. The molecule has 0 amide bonds. The van der Waals surface area contributed by atoms with Crippen LogP contribution >= 0.6 is 23.1 Å². The van der Waals surface area contributed by atoms with Crippen molar-refractivity contribution in [2.45, 2.75) is 32.7 Å². The van der Waals surface area contributed by atoms with E-state index in [0.717, 1.165) is 34.4 Å². The average Bonchev–Trinajstić information content (AvgIpc) is 2.77. The summed E-state index contributed by atoms with van der Waals surface area (Å²) in [4.78, 5) is 4.45. The van der Waals surface area contributed by atoms with Crippen molar-refractivity contribution in [1.82, 2.24) is 9.36 Å². The van der Waals surface area contributed by atoms with Gasteiger partial charge in [0.2, 0.25) is 5.13 Å². The molecule has 3 nitrogen and oxygen atoms in total. The number of hydrogen-bond acceptors (Lipinski definition) is 4. The van der Waals surface area contributed by atoms with Crippen molar-refractivity contribution in [2.24, 2.45) is 0 Å². The summed E-state index contributed by atoms with van der Waals surface area (Å²) < 4.78 is 4.31. The fraction of sp³-hybridized carbons (Fsp3) is 0.385. The number of rotatable bonds is 5. The fourth-order valence-electron chi connectivity index (χ4n) is 1.68. The Bertz CT molecular complexity index is 512. The summed E-state index contributed by atoms with van der Waals surface area (Å²) in [5.74, 6) is 0.920. The second-order valence-electron chi connectivity index (χ2n) is 4.19. The highest BCUT2D eigenvalue weighted by Gasteiger charge is 2.09. The Kier molecular flexibility index (Phi) is 4.55. The zero-order chi connectivity index (χ0) is 13.0. The molecule has 0 bridgehead atoms. The maximum absolute atomic E-state index is 5.98. The van der Waals surface area contributed by atoms with E-state index in [0.29, 0.717) is 0 Å². The lowest BCUT2D eigenvalue weighted by molar-refractivity contribution is 0.848. The van der Waals surface area contributed by atoms with Crippen LogP contribution in [0.4, 0.5) is 5.13 Å². The summed E-state index contributed by atoms with van der Waals surface area (Å²) in [7, 11) is 0. The molecule has 0 fully saturated rings. The third-order valence-corrected chi connectivity index (χ3v) is 3.55. The smallest absolute Gasteiger partial charge is 0.203 e. The first-order chi connectivity index (χ1) is 8.69. The van der Waals surface area contributed by atoms with E-state index in [1.54, 1.807) is 0 Å². The second-order valence-corrected chi connectivity index (χ2v) is 5.38. The minimum atomic E-state index is 0.172. The summed E-state index contributed by atoms with van der Waals surface area (Å²) in [6.07, 6.45) is 2.00. The molecule has 2 rings (SSSR count). The number of halogens is 1. The van der Waals surface area contributed by atoms with Gasteiger partial charge in [-0.15, -0.1) is 0 Å². The topological polar surface area (TPSA) is 37.8 Å². The zero-order valence-corrected chi connectivity index (χ0v) is 12.1. The summed E-state index contributed by atoms with van der Waals surface area (Å²) in [6, 6.07) is 8.02. The van der Waals surface area contributed by atoms with Crippen LogP contribution in [0.15, 0.2) is 24.3 Å². The van der Waals surface area contributed by atoms with Gasteiger partial charge in [-0.3, -0.25) is 0 Å². The molecule has 96 valence electrons. The van der Waals surface area contributed by atoms with E-state index < -0.39 is 0 Å². The molecular formula is C13H16ClN3S. The van der Waals surface area contributed by atoms with Gasteiger partial charge in [0.25, 0.3) is 0 Å². The van der Waals surface area contributed by atoms with Crippen LogP contribution in [0.25, 0.3) is 0 Å². The Morgan fingerprint density at radius 1 is 1.44 bits per heavy atom. The van der Waals surface area contributed by atoms with Gasteiger partial charge in [0.15, 0.2) is 0 Å². The Hall–Kier alpha value is -1.13. The number of nitrogens with zero attached hydrogens (tertiary/aromatic N) is 2. The summed E-state index contributed by atoms with van der Waals surface area (Å²) >= 11 is 7.40. The molecule has 0 spiro atoms. The SMILES string of the molecule is CCCc1nsc(NC(C)c2cccc(Cl)c2)n1. The summed E-state index contributed by atoms with van der Waals surface area (Å²) in [6.45, 7) is 4.22. The quantitative estimate of drug-likeness (QED) is 0.887. The monoisotopic (exact) mass is 281 g/mol. The standard InChI is InChI=1S/C13H16ClN3S/c1-3-5-12-16-13(18-17-12)15-9(2)10-6-4-7-11(14)8-10/h4,6-9H,3,5H2,1-2H3,(H,15,16,17). The van der Waals surface area contributed by atoms with E-state index in [1.165, 1.54) is 11.5 Å². The molecule has 0 radical (unpaired) electrons. The van der Waals surface area contributed by atoms with Gasteiger partial charge in [0.1, 0.15) is 5.82 Å². The van der Waals surface area contributed by atoms with Crippen molar-refractivity contribution in [3.05, 3.63) is 40.7 Å². The number of benzene rings is 1. The maximum Gasteiger partial charge on any atom is 0.203 e. The predicted molar refractivity (Wildman–Crippen MR) is 77.4 cm³/mol. The molecule has 0 saturated heterocycles. The first-order valence-electron chi connectivity index (χ1n) is 6.03. The van der Waals surface area contributed by atoms with E-state index in [1.807, 2.05) is 18.2 Å². The van der Waals surface area contributed by atoms with Crippen molar-refractivity contribution in [1.29, 1.82) is 0 Å². The van der Waals surface area contributed by atoms with Gasteiger partial charge in [0, 0.05) is 23.0 Å². The molecule has 1 atom stereocenters. The molecule has 1 heterocycles. The van der Waals surface area contributed by atoms with E-state index in [9.17, 15) is 0 Å². The molecule has 1 N–H and O–H groups in total. The van der Waals surface area contributed by atoms with E-state index in [4.69, 9.17) is 11.6 Å². The number of anilines is 1. The van der Waals surface area contributed by atoms with E-state index in [2.05, 4.69) is 34.6 Å². The van der Waals surface area contributed by atoms with Crippen LogP contribution in [0.2, 0.25) is 5.02 Å². The highest BCUT2D eigenvalue weighted by Crippen LogP contribution is 2.22. The van der Waals surface area contributed by atoms with Gasteiger partial charge in [-0.1, -0.05) is 30.7 Å². The highest BCUT2D eigenvalue weighted by atomic mass is 35.5. The molecule has 0 aliphatic heterocycles.